The van der Waals surface area contributed by atoms with Crippen molar-refractivity contribution in [3.05, 3.63) is 182 Å². The van der Waals surface area contributed by atoms with Crippen molar-refractivity contribution in [2.75, 3.05) is 0 Å². The monoisotopic (exact) mass is 746 g/mol. The van der Waals surface area contributed by atoms with E-state index in [4.69, 9.17) is 19.4 Å². The first-order valence-electron chi connectivity index (χ1n) is 19.0. The van der Waals surface area contributed by atoms with Gasteiger partial charge in [-0.2, -0.15) is 0 Å². The summed E-state index contributed by atoms with van der Waals surface area (Å²) in [5.74, 6) is 1.83. The Balaban J connectivity index is 1.15. The molecule has 0 aliphatic carbocycles. The fourth-order valence-corrected chi connectivity index (χ4v) is 9.54. The molecule has 5 nitrogen and oxygen atoms in total. The molecule has 0 amide bonds. The molecule has 0 radical (unpaired) electrons. The second-order valence-electron chi connectivity index (χ2n) is 14.4. The Hall–Kier alpha value is -7.41. The van der Waals surface area contributed by atoms with Gasteiger partial charge in [-0.3, -0.25) is 0 Å². The van der Waals surface area contributed by atoms with Crippen molar-refractivity contribution < 1.29 is 4.42 Å². The Bertz CT molecular complexity index is 3470. The molecule has 6 heteroatoms. The summed E-state index contributed by atoms with van der Waals surface area (Å²) in [6.45, 7) is 0. The van der Waals surface area contributed by atoms with E-state index in [0.717, 1.165) is 66.5 Å². The summed E-state index contributed by atoms with van der Waals surface area (Å²) in [7, 11) is 0. The van der Waals surface area contributed by atoms with Crippen molar-refractivity contribution in [3.63, 3.8) is 0 Å². The lowest BCUT2D eigenvalue weighted by molar-refractivity contribution is 0.666. The molecule has 0 unspecified atom stereocenters. The largest absolute Gasteiger partial charge is 0.454 e. The highest BCUT2D eigenvalue weighted by Crippen LogP contribution is 2.44. The first-order chi connectivity index (χ1) is 28.2. The summed E-state index contributed by atoms with van der Waals surface area (Å²) >= 11 is 1.80. The normalized spacial score (nSPS) is 11.9. The highest BCUT2D eigenvalue weighted by molar-refractivity contribution is 7.25. The molecule has 12 rings (SSSR count). The fourth-order valence-electron chi connectivity index (χ4n) is 8.45. The summed E-state index contributed by atoms with van der Waals surface area (Å²) in [5, 5.41) is 6.78. The van der Waals surface area contributed by atoms with Crippen molar-refractivity contribution in [2.45, 2.75) is 0 Å². The standard InChI is InChI=1S/C51H30N4OS/c1-3-14-31(15-4-1)34-29-40-47-38(21-13-24-44(47)56-48(40)43(30-34)55-41-22-10-7-18-35(41)36-19-8-11-23-42(36)55)51-53-49(32-16-5-2-6-17-32)52-50(54-51)33-26-27-46-39(28-33)37-20-9-12-25-45(37)57-46/h1-30H. The third-order valence-corrected chi connectivity index (χ3v) is 12.2. The van der Waals surface area contributed by atoms with E-state index in [1.54, 1.807) is 11.3 Å². The molecule has 0 aliphatic rings. The van der Waals surface area contributed by atoms with Crippen molar-refractivity contribution in [3.8, 4) is 51.0 Å². The zero-order chi connectivity index (χ0) is 37.5. The number of thiophene rings is 1. The van der Waals surface area contributed by atoms with Crippen LogP contribution in [0, 0.1) is 0 Å². The number of fused-ring (bicyclic) bond motifs is 9. The minimum Gasteiger partial charge on any atom is -0.454 e. The van der Waals surface area contributed by atoms with Crippen molar-refractivity contribution in [2.24, 2.45) is 0 Å². The summed E-state index contributed by atoms with van der Waals surface area (Å²) in [5.41, 5.74) is 9.75. The maximum Gasteiger partial charge on any atom is 0.164 e. The Labute approximate surface area is 330 Å². The summed E-state index contributed by atoms with van der Waals surface area (Å²) in [6, 6.07) is 63.7. The van der Waals surface area contributed by atoms with Crippen LogP contribution in [0.25, 0.3) is 115 Å². The quantitative estimate of drug-likeness (QED) is 0.176. The number of rotatable bonds is 5. The lowest BCUT2D eigenvalue weighted by Gasteiger charge is -2.12. The first-order valence-corrected chi connectivity index (χ1v) is 19.8. The molecule has 4 heterocycles. The van der Waals surface area contributed by atoms with Crippen molar-refractivity contribution >= 4 is 75.3 Å². The van der Waals surface area contributed by atoms with Crippen LogP contribution in [0.1, 0.15) is 0 Å². The lowest BCUT2D eigenvalue weighted by Crippen LogP contribution is -2.00. The molecule has 12 aromatic rings. The van der Waals surface area contributed by atoms with Crippen LogP contribution in [0.5, 0.6) is 0 Å². The first kappa shape index (κ1) is 31.9. The number of benzene rings is 8. The Morgan fingerprint density at radius 2 is 1.00 bits per heavy atom. The molecular weight excluding hydrogens is 717 g/mol. The molecule has 0 atom stereocenters. The van der Waals surface area contributed by atoms with Gasteiger partial charge in [0, 0.05) is 58.4 Å². The number of para-hydroxylation sites is 2. The van der Waals surface area contributed by atoms with Gasteiger partial charge >= 0.3 is 0 Å². The lowest BCUT2D eigenvalue weighted by atomic mass is 9.99. The molecule has 0 aliphatic heterocycles. The molecule has 0 fully saturated rings. The maximum absolute atomic E-state index is 6.98. The van der Waals surface area contributed by atoms with Gasteiger partial charge in [-0.25, -0.2) is 15.0 Å². The SMILES string of the molecule is c1ccc(-c2cc(-n3c4ccccc4c4ccccc43)c3oc4cccc(-c5nc(-c6ccccc6)nc(-c6ccc7sc8ccccc8c7c6)n5)c4c3c2)cc1. The highest BCUT2D eigenvalue weighted by atomic mass is 32.1. The number of hydrogen-bond acceptors (Lipinski definition) is 5. The van der Waals surface area contributed by atoms with Gasteiger partial charge in [-0.05, 0) is 65.7 Å². The Morgan fingerprint density at radius 1 is 0.404 bits per heavy atom. The minimum atomic E-state index is 0.589. The van der Waals surface area contributed by atoms with Crippen LogP contribution in [0.15, 0.2) is 186 Å². The predicted octanol–water partition coefficient (Wildman–Crippen LogP) is 13.9. The summed E-state index contributed by atoms with van der Waals surface area (Å²) < 4.78 is 11.8. The van der Waals surface area contributed by atoms with Crippen LogP contribution in [0.4, 0.5) is 0 Å². The zero-order valence-corrected chi connectivity index (χ0v) is 31.2. The van der Waals surface area contributed by atoms with Gasteiger partial charge < -0.3 is 8.98 Å². The predicted molar refractivity (Wildman–Crippen MR) is 236 cm³/mol. The fraction of sp³-hybridized carbons (Fsp3) is 0. The van der Waals surface area contributed by atoms with E-state index in [1.165, 1.54) is 30.9 Å². The van der Waals surface area contributed by atoms with E-state index in [1.807, 2.05) is 30.3 Å². The molecule has 8 aromatic carbocycles. The number of hydrogen-bond donors (Lipinski definition) is 0. The average Bonchev–Trinajstić information content (AvgIpc) is 3.96. The topological polar surface area (TPSA) is 56.7 Å². The molecule has 0 N–H and O–H groups in total. The Kier molecular flexibility index (Phi) is 7.03. The zero-order valence-electron chi connectivity index (χ0n) is 30.4. The molecule has 57 heavy (non-hydrogen) atoms. The van der Waals surface area contributed by atoms with E-state index >= 15 is 0 Å². The van der Waals surface area contributed by atoms with E-state index in [-0.39, 0.29) is 0 Å². The van der Waals surface area contributed by atoms with Gasteiger partial charge in [-0.15, -0.1) is 11.3 Å². The molecule has 0 saturated carbocycles. The maximum atomic E-state index is 6.98. The van der Waals surface area contributed by atoms with Crippen LogP contribution in [0.3, 0.4) is 0 Å². The van der Waals surface area contributed by atoms with Crippen LogP contribution < -0.4 is 0 Å². The molecule has 4 aromatic heterocycles. The second-order valence-corrected chi connectivity index (χ2v) is 15.5. The molecule has 266 valence electrons. The van der Waals surface area contributed by atoms with Gasteiger partial charge in [0.15, 0.2) is 23.1 Å². The van der Waals surface area contributed by atoms with Gasteiger partial charge in [0.1, 0.15) is 5.58 Å². The molecule has 0 bridgehead atoms. The smallest absolute Gasteiger partial charge is 0.164 e. The van der Waals surface area contributed by atoms with Gasteiger partial charge in [0.05, 0.1) is 16.7 Å². The number of furan rings is 1. The third-order valence-electron chi connectivity index (χ3n) is 11.0. The van der Waals surface area contributed by atoms with Gasteiger partial charge in [-0.1, -0.05) is 127 Å². The highest BCUT2D eigenvalue weighted by Gasteiger charge is 2.23. The number of aromatic nitrogens is 4. The van der Waals surface area contributed by atoms with Crippen LogP contribution in [0.2, 0.25) is 0 Å². The van der Waals surface area contributed by atoms with E-state index < -0.39 is 0 Å². The minimum absolute atomic E-state index is 0.589. The molecular formula is C51H30N4OS. The molecule has 0 spiro atoms. The Morgan fingerprint density at radius 3 is 1.75 bits per heavy atom. The third kappa shape index (κ3) is 5.04. The van der Waals surface area contributed by atoms with E-state index in [2.05, 4.69) is 156 Å². The van der Waals surface area contributed by atoms with Crippen LogP contribution in [-0.2, 0) is 0 Å². The average molecular weight is 747 g/mol. The van der Waals surface area contributed by atoms with E-state index in [0.29, 0.717) is 17.5 Å². The summed E-state index contributed by atoms with van der Waals surface area (Å²) in [4.78, 5) is 15.6. The number of nitrogens with zero attached hydrogens (tertiary/aromatic N) is 4. The van der Waals surface area contributed by atoms with Gasteiger partial charge in [0.2, 0.25) is 0 Å². The molecule has 0 saturated heterocycles. The van der Waals surface area contributed by atoms with E-state index in [9.17, 15) is 0 Å². The van der Waals surface area contributed by atoms with Gasteiger partial charge in [0.25, 0.3) is 0 Å². The van der Waals surface area contributed by atoms with Crippen LogP contribution >= 0.6 is 11.3 Å². The van der Waals surface area contributed by atoms with Crippen molar-refractivity contribution in [1.82, 2.24) is 19.5 Å². The summed E-state index contributed by atoms with van der Waals surface area (Å²) in [6.07, 6.45) is 0. The van der Waals surface area contributed by atoms with Crippen LogP contribution in [-0.4, -0.2) is 19.5 Å². The second kappa shape index (κ2) is 12.6. The van der Waals surface area contributed by atoms with Crippen molar-refractivity contribution in [1.29, 1.82) is 0 Å².